The van der Waals surface area contributed by atoms with Gasteiger partial charge >= 0.3 is 0 Å². The Bertz CT molecular complexity index is 302. The molecule has 15 heavy (non-hydrogen) atoms. The van der Waals surface area contributed by atoms with Crippen LogP contribution >= 0.6 is 0 Å². The van der Waals surface area contributed by atoms with Crippen molar-refractivity contribution in [3.8, 4) is 0 Å². The van der Waals surface area contributed by atoms with Gasteiger partial charge in [-0.25, -0.2) is 4.39 Å². The first-order valence-corrected chi connectivity index (χ1v) is 5.25. The third-order valence-corrected chi connectivity index (χ3v) is 2.17. The van der Waals surface area contributed by atoms with Crippen LogP contribution < -0.4 is 5.32 Å². The van der Waals surface area contributed by atoms with Crippen LogP contribution in [0.3, 0.4) is 0 Å². The summed E-state index contributed by atoms with van der Waals surface area (Å²) in [7, 11) is 1.57. The summed E-state index contributed by atoms with van der Waals surface area (Å²) in [4.78, 5) is 0. The van der Waals surface area contributed by atoms with E-state index >= 15 is 0 Å². The molecule has 0 saturated heterocycles. The molecule has 84 valence electrons. The molecule has 0 heterocycles. The summed E-state index contributed by atoms with van der Waals surface area (Å²) in [6, 6.07) is 5.15. The van der Waals surface area contributed by atoms with E-state index in [-0.39, 0.29) is 5.82 Å². The Balaban J connectivity index is 2.61. The van der Waals surface area contributed by atoms with Crippen LogP contribution in [0.25, 0.3) is 0 Å². The Kier molecular flexibility index (Phi) is 5.29. The molecule has 1 aromatic carbocycles. The Morgan fingerprint density at radius 2 is 2.20 bits per heavy atom. The van der Waals surface area contributed by atoms with E-state index < -0.39 is 0 Å². The summed E-state index contributed by atoms with van der Waals surface area (Å²) >= 11 is 0. The van der Waals surface area contributed by atoms with Crippen LogP contribution in [0.1, 0.15) is 24.5 Å². The quantitative estimate of drug-likeness (QED) is 0.730. The molecular formula is C12H18FNO. The highest BCUT2D eigenvalue weighted by atomic mass is 19.1. The number of benzene rings is 1. The summed E-state index contributed by atoms with van der Waals surface area (Å²) in [6.45, 7) is 4.21. The maximum Gasteiger partial charge on any atom is 0.128 e. The average Bonchev–Trinajstić information content (AvgIpc) is 2.23. The lowest BCUT2D eigenvalue weighted by molar-refractivity contribution is 0.181. The van der Waals surface area contributed by atoms with E-state index in [9.17, 15) is 4.39 Å². The van der Waals surface area contributed by atoms with Crippen molar-refractivity contribution in [3.63, 3.8) is 0 Å². The number of ether oxygens (including phenoxy) is 1. The van der Waals surface area contributed by atoms with Crippen LogP contribution in [0.15, 0.2) is 18.2 Å². The van der Waals surface area contributed by atoms with Gasteiger partial charge in [0.1, 0.15) is 5.82 Å². The molecule has 0 amide bonds. The molecule has 0 fully saturated rings. The molecule has 0 aromatic heterocycles. The number of rotatable bonds is 6. The van der Waals surface area contributed by atoms with E-state index in [1.165, 1.54) is 6.07 Å². The molecule has 0 atom stereocenters. The molecule has 0 radical (unpaired) electrons. The van der Waals surface area contributed by atoms with Gasteiger partial charge in [0, 0.05) is 19.2 Å². The fourth-order valence-electron chi connectivity index (χ4n) is 1.41. The second-order valence-corrected chi connectivity index (χ2v) is 3.54. The smallest absolute Gasteiger partial charge is 0.128 e. The Morgan fingerprint density at radius 3 is 2.87 bits per heavy atom. The van der Waals surface area contributed by atoms with Crippen molar-refractivity contribution >= 4 is 0 Å². The fourth-order valence-corrected chi connectivity index (χ4v) is 1.41. The number of halogens is 1. The molecule has 1 N–H and O–H groups in total. The Morgan fingerprint density at radius 1 is 1.40 bits per heavy atom. The number of hydrogen-bond acceptors (Lipinski definition) is 2. The van der Waals surface area contributed by atoms with E-state index in [0.717, 1.165) is 25.1 Å². The van der Waals surface area contributed by atoms with Crippen LogP contribution in [-0.4, -0.2) is 13.7 Å². The zero-order chi connectivity index (χ0) is 11.1. The molecule has 0 unspecified atom stereocenters. The highest BCUT2D eigenvalue weighted by Gasteiger charge is 2.02. The Labute approximate surface area is 90.4 Å². The minimum Gasteiger partial charge on any atom is -0.380 e. The SMILES string of the molecule is CCCNCc1ccc(F)c(COC)c1. The van der Waals surface area contributed by atoms with Gasteiger partial charge in [-0.1, -0.05) is 13.0 Å². The lowest BCUT2D eigenvalue weighted by atomic mass is 10.1. The van der Waals surface area contributed by atoms with Crippen LogP contribution in [0, 0.1) is 5.82 Å². The van der Waals surface area contributed by atoms with Crippen molar-refractivity contribution < 1.29 is 9.13 Å². The fraction of sp³-hybridized carbons (Fsp3) is 0.500. The zero-order valence-electron chi connectivity index (χ0n) is 9.35. The zero-order valence-corrected chi connectivity index (χ0v) is 9.35. The van der Waals surface area contributed by atoms with Crippen molar-refractivity contribution in [2.75, 3.05) is 13.7 Å². The molecule has 0 bridgehead atoms. The first-order chi connectivity index (χ1) is 7.27. The van der Waals surface area contributed by atoms with Gasteiger partial charge in [-0.15, -0.1) is 0 Å². The van der Waals surface area contributed by atoms with E-state index in [1.807, 2.05) is 6.07 Å². The summed E-state index contributed by atoms with van der Waals surface area (Å²) < 4.78 is 18.2. The maximum absolute atomic E-state index is 13.2. The van der Waals surface area contributed by atoms with Gasteiger partial charge < -0.3 is 10.1 Å². The first kappa shape index (κ1) is 12.1. The van der Waals surface area contributed by atoms with Crippen molar-refractivity contribution in [1.29, 1.82) is 0 Å². The average molecular weight is 211 g/mol. The van der Waals surface area contributed by atoms with Gasteiger partial charge in [0.15, 0.2) is 0 Å². The second kappa shape index (κ2) is 6.53. The summed E-state index contributed by atoms with van der Waals surface area (Å²) in [6.07, 6.45) is 1.10. The first-order valence-electron chi connectivity index (χ1n) is 5.25. The normalized spacial score (nSPS) is 10.6. The van der Waals surface area contributed by atoms with E-state index in [0.29, 0.717) is 12.2 Å². The third-order valence-electron chi connectivity index (χ3n) is 2.17. The summed E-state index contributed by atoms with van der Waals surface area (Å²) in [5, 5.41) is 3.28. The van der Waals surface area contributed by atoms with Crippen molar-refractivity contribution in [3.05, 3.63) is 35.1 Å². The van der Waals surface area contributed by atoms with E-state index in [2.05, 4.69) is 12.2 Å². The predicted molar refractivity (Wildman–Crippen MR) is 59.1 cm³/mol. The topological polar surface area (TPSA) is 21.3 Å². The molecule has 1 aromatic rings. The van der Waals surface area contributed by atoms with Gasteiger partial charge in [-0.3, -0.25) is 0 Å². The minimum atomic E-state index is -0.198. The van der Waals surface area contributed by atoms with Crippen LogP contribution in [0.5, 0.6) is 0 Å². The highest BCUT2D eigenvalue weighted by molar-refractivity contribution is 5.24. The van der Waals surface area contributed by atoms with Crippen molar-refractivity contribution in [1.82, 2.24) is 5.32 Å². The molecule has 3 heteroatoms. The maximum atomic E-state index is 13.2. The lowest BCUT2D eigenvalue weighted by Gasteiger charge is -2.07. The monoisotopic (exact) mass is 211 g/mol. The van der Waals surface area contributed by atoms with Crippen molar-refractivity contribution in [2.24, 2.45) is 0 Å². The number of hydrogen-bond donors (Lipinski definition) is 1. The second-order valence-electron chi connectivity index (χ2n) is 3.54. The number of nitrogens with one attached hydrogen (secondary N) is 1. The minimum absolute atomic E-state index is 0.198. The lowest BCUT2D eigenvalue weighted by Crippen LogP contribution is -2.14. The van der Waals surface area contributed by atoms with Gasteiger partial charge in [-0.2, -0.15) is 0 Å². The molecule has 2 nitrogen and oxygen atoms in total. The standard InChI is InChI=1S/C12H18FNO/c1-3-6-14-8-10-4-5-12(13)11(7-10)9-15-2/h4-5,7,14H,3,6,8-9H2,1-2H3. The molecule has 0 aliphatic carbocycles. The van der Waals surface area contributed by atoms with Gasteiger partial charge in [0.25, 0.3) is 0 Å². The predicted octanol–water partition coefficient (Wildman–Crippen LogP) is 2.47. The summed E-state index contributed by atoms with van der Waals surface area (Å²) in [5.41, 5.74) is 1.71. The van der Waals surface area contributed by atoms with Gasteiger partial charge in [-0.05, 0) is 30.7 Å². The number of methoxy groups -OCH3 is 1. The van der Waals surface area contributed by atoms with Crippen LogP contribution in [0.2, 0.25) is 0 Å². The Hall–Kier alpha value is -0.930. The molecule has 0 aliphatic rings. The van der Waals surface area contributed by atoms with Crippen LogP contribution in [0.4, 0.5) is 4.39 Å². The molecular weight excluding hydrogens is 193 g/mol. The van der Waals surface area contributed by atoms with Crippen LogP contribution in [-0.2, 0) is 17.9 Å². The molecule has 0 spiro atoms. The van der Waals surface area contributed by atoms with Crippen molar-refractivity contribution in [2.45, 2.75) is 26.5 Å². The highest BCUT2D eigenvalue weighted by Crippen LogP contribution is 2.11. The molecule has 1 rings (SSSR count). The van der Waals surface area contributed by atoms with E-state index in [4.69, 9.17) is 4.74 Å². The van der Waals surface area contributed by atoms with Gasteiger partial charge in [0.05, 0.1) is 6.61 Å². The van der Waals surface area contributed by atoms with Gasteiger partial charge in [0.2, 0.25) is 0 Å². The molecule has 0 aliphatic heterocycles. The largest absolute Gasteiger partial charge is 0.380 e. The van der Waals surface area contributed by atoms with E-state index in [1.54, 1.807) is 13.2 Å². The third kappa shape index (κ3) is 3.98. The summed E-state index contributed by atoms with van der Waals surface area (Å²) in [5.74, 6) is -0.198. The molecule has 0 saturated carbocycles.